The molecule has 3 aromatic heterocycles. The van der Waals surface area contributed by atoms with Gasteiger partial charge in [-0.3, -0.25) is 4.57 Å². The van der Waals surface area contributed by atoms with Gasteiger partial charge in [-0.25, -0.2) is 4.98 Å². The molecule has 10 aromatic rings. The van der Waals surface area contributed by atoms with Gasteiger partial charge in [0.15, 0.2) is 11.6 Å². The zero-order valence-electron chi connectivity index (χ0n) is 30.6. The van der Waals surface area contributed by atoms with Crippen LogP contribution in [0.15, 0.2) is 174 Å². The van der Waals surface area contributed by atoms with Crippen LogP contribution in [0.1, 0.15) is 5.48 Å². The highest BCUT2D eigenvalue weighted by Gasteiger charge is 2.19. The quantitative estimate of drug-likeness (QED) is 0.187. The van der Waals surface area contributed by atoms with Crippen molar-refractivity contribution in [3.05, 3.63) is 170 Å². The lowest BCUT2D eigenvalue weighted by Gasteiger charge is -2.12. The summed E-state index contributed by atoms with van der Waals surface area (Å²) in [5, 5.41) is 3.05. The number of aromatic nitrogens is 4. The molecule has 0 atom stereocenters. The van der Waals surface area contributed by atoms with Gasteiger partial charge >= 0.3 is 0 Å². The van der Waals surface area contributed by atoms with Crippen molar-refractivity contribution in [2.45, 2.75) is 0 Å². The fourth-order valence-corrected chi connectivity index (χ4v) is 6.87. The van der Waals surface area contributed by atoms with E-state index < -0.39 is 0 Å². The Morgan fingerprint density at radius 2 is 1.08 bits per heavy atom. The van der Waals surface area contributed by atoms with Crippen LogP contribution in [-0.2, 0) is 0 Å². The maximum Gasteiger partial charge on any atom is 0.238 e. The second-order valence-corrected chi connectivity index (χ2v) is 12.2. The van der Waals surface area contributed by atoms with Gasteiger partial charge < -0.3 is 4.42 Å². The highest BCUT2D eigenvalue weighted by Crippen LogP contribution is 2.38. The molecule has 0 radical (unpaired) electrons. The van der Waals surface area contributed by atoms with E-state index in [0.717, 1.165) is 44.2 Å². The molecule has 0 bridgehead atoms. The maximum absolute atomic E-state index is 9.20. The van der Waals surface area contributed by atoms with Gasteiger partial charge in [0.1, 0.15) is 11.2 Å². The summed E-state index contributed by atoms with van der Waals surface area (Å²) in [6, 6.07) is 46.8. The van der Waals surface area contributed by atoms with E-state index in [4.69, 9.17) is 23.5 Å². The SMILES string of the molecule is [2H]c1c([2H])c([2H])c2c(c1[2H])c1cc(-c3ccccc3-c3ccccc3)ccc1n2-c1nc(-c2ccccc2)nc(-c2ccc3c(c2)oc2ccccc23)n1. The lowest BCUT2D eigenvalue weighted by Crippen LogP contribution is -2.06. The molecule has 0 saturated heterocycles. The number of nitrogens with zero attached hydrogens (tertiary/aromatic N) is 4. The molecule has 0 fully saturated rings. The molecule has 0 aliphatic carbocycles. The summed E-state index contributed by atoms with van der Waals surface area (Å²) in [5.41, 5.74) is 7.94. The van der Waals surface area contributed by atoms with Gasteiger partial charge in [-0.15, -0.1) is 0 Å². The molecular formula is C45H28N4O. The van der Waals surface area contributed by atoms with Gasteiger partial charge in [-0.1, -0.05) is 133 Å². The summed E-state index contributed by atoms with van der Waals surface area (Å²) in [6.07, 6.45) is 0. The summed E-state index contributed by atoms with van der Waals surface area (Å²) in [6.45, 7) is 0. The molecule has 5 nitrogen and oxygen atoms in total. The van der Waals surface area contributed by atoms with Crippen molar-refractivity contribution in [3.8, 4) is 51.0 Å². The third kappa shape index (κ3) is 4.60. The van der Waals surface area contributed by atoms with E-state index in [9.17, 15) is 1.37 Å². The molecule has 0 spiro atoms. The first-order valence-electron chi connectivity index (χ1n) is 18.4. The minimum absolute atomic E-state index is 0.129. The Hall–Kier alpha value is -6.85. The summed E-state index contributed by atoms with van der Waals surface area (Å²) >= 11 is 0. The number of para-hydroxylation sites is 2. The van der Waals surface area contributed by atoms with E-state index in [1.165, 1.54) is 0 Å². The number of hydrogen-bond donors (Lipinski definition) is 0. The summed E-state index contributed by atoms with van der Waals surface area (Å²) in [7, 11) is 0. The number of benzene rings is 7. The Bertz CT molecular complexity index is 3100. The normalized spacial score (nSPS) is 12.7. The van der Waals surface area contributed by atoms with Crippen molar-refractivity contribution < 1.29 is 9.90 Å². The van der Waals surface area contributed by atoms with Crippen molar-refractivity contribution in [2.24, 2.45) is 0 Å². The Morgan fingerprint density at radius 3 is 1.90 bits per heavy atom. The average molecular weight is 645 g/mol. The third-order valence-corrected chi connectivity index (χ3v) is 9.21. The van der Waals surface area contributed by atoms with E-state index in [1.807, 2.05) is 121 Å². The lowest BCUT2D eigenvalue weighted by molar-refractivity contribution is 0.669. The molecule has 0 saturated carbocycles. The van der Waals surface area contributed by atoms with Crippen LogP contribution in [0.25, 0.3) is 94.7 Å². The fraction of sp³-hybridized carbons (Fsp3) is 0. The number of hydrogen-bond acceptors (Lipinski definition) is 4. The van der Waals surface area contributed by atoms with Crippen LogP contribution in [0, 0.1) is 0 Å². The number of fused-ring (bicyclic) bond motifs is 6. The van der Waals surface area contributed by atoms with Gasteiger partial charge in [0.05, 0.1) is 16.5 Å². The Labute approximate surface area is 293 Å². The van der Waals surface area contributed by atoms with Crippen molar-refractivity contribution in [2.75, 3.05) is 0 Å². The number of furan rings is 1. The molecule has 0 amide bonds. The van der Waals surface area contributed by atoms with E-state index in [2.05, 4.69) is 24.3 Å². The molecule has 50 heavy (non-hydrogen) atoms. The van der Waals surface area contributed by atoms with Crippen LogP contribution < -0.4 is 0 Å². The monoisotopic (exact) mass is 644 g/mol. The topological polar surface area (TPSA) is 56.7 Å². The van der Waals surface area contributed by atoms with Gasteiger partial charge in [0.25, 0.3) is 0 Å². The Morgan fingerprint density at radius 1 is 0.440 bits per heavy atom. The predicted octanol–water partition coefficient (Wildman–Crippen LogP) is 11.5. The van der Waals surface area contributed by atoms with Crippen LogP contribution in [0.4, 0.5) is 0 Å². The van der Waals surface area contributed by atoms with E-state index in [1.54, 1.807) is 4.57 Å². The Kier molecular flexibility index (Phi) is 5.54. The Balaban J connectivity index is 1.25. The highest BCUT2D eigenvalue weighted by atomic mass is 16.3. The standard InChI is InChI=1S/C45H28N4O/c1-3-13-29(14-4-1)33-17-7-8-18-34(33)31-24-26-40-38(27-31)35-19-9-11-21-39(35)49(40)45-47-43(30-15-5-2-6-16-30)46-44(48-45)32-23-25-37-36-20-10-12-22-41(36)50-42(37)28-32/h1-28H/i9D,11D,19D,21D. The molecule has 234 valence electrons. The van der Waals surface area contributed by atoms with Crippen molar-refractivity contribution in [3.63, 3.8) is 0 Å². The van der Waals surface area contributed by atoms with Crippen molar-refractivity contribution in [1.29, 1.82) is 0 Å². The maximum atomic E-state index is 9.20. The first-order valence-corrected chi connectivity index (χ1v) is 16.4. The second kappa shape index (κ2) is 11.4. The first-order chi connectivity index (χ1) is 26.4. The zero-order chi connectivity index (χ0) is 36.5. The van der Waals surface area contributed by atoms with E-state index >= 15 is 0 Å². The lowest BCUT2D eigenvalue weighted by atomic mass is 9.94. The molecule has 0 unspecified atom stereocenters. The summed E-state index contributed by atoms with van der Waals surface area (Å²) < 4.78 is 43.7. The molecule has 0 aliphatic rings. The van der Waals surface area contributed by atoms with Crippen molar-refractivity contribution in [1.82, 2.24) is 19.5 Å². The smallest absolute Gasteiger partial charge is 0.238 e. The first kappa shape index (κ1) is 24.3. The fourth-order valence-electron chi connectivity index (χ4n) is 6.87. The summed E-state index contributed by atoms with van der Waals surface area (Å²) in [5.74, 6) is 1.04. The molecule has 3 heterocycles. The molecular weight excluding hydrogens is 613 g/mol. The average Bonchev–Trinajstić information content (AvgIpc) is 3.78. The van der Waals surface area contributed by atoms with E-state index in [-0.39, 0.29) is 35.6 Å². The van der Waals surface area contributed by atoms with Crippen molar-refractivity contribution >= 4 is 43.7 Å². The minimum Gasteiger partial charge on any atom is -0.456 e. The predicted molar refractivity (Wildman–Crippen MR) is 203 cm³/mol. The van der Waals surface area contributed by atoms with Crippen LogP contribution in [0.3, 0.4) is 0 Å². The third-order valence-electron chi connectivity index (χ3n) is 9.21. The van der Waals surface area contributed by atoms with Crippen LogP contribution in [0.5, 0.6) is 0 Å². The van der Waals surface area contributed by atoms with E-state index in [0.29, 0.717) is 39.1 Å². The van der Waals surface area contributed by atoms with Gasteiger partial charge in [-0.2, -0.15) is 9.97 Å². The minimum atomic E-state index is -0.334. The highest BCUT2D eigenvalue weighted by molar-refractivity contribution is 6.11. The second-order valence-electron chi connectivity index (χ2n) is 12.2. The zero-order valence-corrected chi connectivity index (χ0v) is 26.6. The number of rotatable bonds is 5. The molecule has 10 rings (SSSR count). The van der Waals surface area contributed by atoms with Crippen LogP contribution >= 0.6 is 0 Å². The largest absolute Gasteiger partial charge is 0.456 e. The van der Waals surface area contributed by atoms with Gasteiger partial charge in [0, 0.05) is 32.7 Å². The summed E-state index contributed by atoms with van der Waals surface area (Å²) in [4.78, 5) is 15.0. The van der Waals surface area contributed by atoms with Crippen LogP contribution in [-0.4, -0.2) is 19.5 Å². The molecule has 0 aliphatic heterocycles. The van der Waals surface area contributed by atoms with Crippen LogP contribution in [0.2, 0.25) is 0 Å². The van der Waals surface area contributed by atoms with Gasteiger partial charge in [0.2, 0.25) is 5.95 Å². The van der Waals surface area contributed by atoms with Gasteiger partial charge in [-0.05, 0) is 58.6 Å². The molecule has 7 aromatic carbocycles. The molecule has 0 N–H and O–H groups in total. The molecule has 5 heteroatoms.